The molecule has 0 atom stereocenters. The molecule has 3 heterocycles. The van der Waals surface area contributed by atoms with Crippen LogP contribution in [0.4, 0.5) is 4.39 Å². The number of aromatic amines is 1. The van der Waals surface area contributed by atoms with Crippen molar-refractivity contribution in [3.05, 3.63) is 65.6 Å². The van der Waals surface area contributed by atoms with Crippen LogP contribution in [0.2, 0.25) is 0 Å². The molecular formula is C20H20FN7O. The van der Waals surface area contributed by atoms with Gasteiger partial charge >= 0.3 is 0 Å². The summed E-state index contributed by atoms with van der Waals surface area (Å²) in [5.74, 6) is 0.00272. The molecular weight excluding hydrogens is 373 g/mol. The minimum Gasteiger partial charge on any atom is -0.336 e. The smallest absolute Gasteiger partial charge is 0.272 e. The molecule has 0 aliphatic heterocycles. The van der Waals surface area contributed by atoms with E-state index in [4.69, 9.17) is 0 Å². The van der Waals surface area contributed by atoms with Gasteiger partial charge in [0.2, 0.25) is 0 Å². The number of nitrogens with zero attached hydrogens (tertiary/aromatic N) is 6. The van der Waals surface area contributed by atoms with Gasteiger partial charge in [0.05, 0.1) is 17.6 Å². The Bertz CT molecular complexity index is 1160. The summed E-state index contributed by atoms with van der Waals surface area (Å²) in [6.07, 6.45) is 3.09. The van der Waals surface area contributed by atoms with E-state index in [1.807, 2.05) is 13.8 Å². The van der Waals surface area contributed by atoms with Crippen LogP contribution in [0.25, 0.3) is 17.0 Å². The molecule has 1 aromatic carbocycles. The van der Waals surface area contributed by atoms with Crippen molar-refractivity contribution in [1.29, 1.82) is 0 Å². The van der Waals surface area contributed by atoms with Crippen molar-refractivity contribution < 1.29 is 9.18 Å². The van der Waals surface area contributed by atoms with Gasteiger partial charge in [0, 0.05) is 24.7 Å². The lowest BCUT2D eigenvalue weighted by Crippen LogP contribution is -2.27. The molecule has 3 aromatic heterocycles. The van der Waals surface area contributed by atoms with Gasteiger partial charge in [0.1, 0.15) is 17.8 Å². The van der Waals surface area contributed by atoms with Crippen molar-refractivity contribution in [1.82, 2.24) is 34.7 Å². The minimum atomic E-state index is -0.307. The molecule has 0 aliphatic rings. The number of fused-ring (bicyclic) bond motifs is 1. The van der Waals surface area contributed by atoms with Gasteiger partial charge < -0.3 is 4.90 Å². The molecule has 0 fully saturated rings. The van der Waals surface area contributed by atoms with Gasteiger partial charge in [-0.3, -0.25) is 9.89 Å². The zero-order valence-corrected chi connectivity index (χ0v) is 16.3. The fraction of sp³-hybridized carbons (Fsp3) is 0.250. The monoisotopic (exact) mass is 393 g/mol. The van der Waals surface area contributed by atoms with Crippen molar-refractivity contribution in [3.63, 3.8) is 0 Å². The highest BCUT2D eigenvalue weighted by Gasteiger charge is 2.20. The summed E-state index contributed by atoms with van der Waals surface area (Å²) in [5.41, 5.74) is 3.53. The van der Waals surface area contributed by atoms with E-state index in [1.165, 1.54) is 18.5 Å². The van der Waals surface area contributed by atoms with Crippen LogP contribution in [0.15, 0.2) is 42.9 Å². The van der Waals surface area contributed by atoms with Crippen LogP contribution < -0.4 is 0 Å². The second-order valence-corrected chi connectivity index (χ2v) is 7.13. The summed E-state index contributed by atoms with van der Waals surface area (Å²) in [6, 6.07) is 7.87. The fourth-order valence-corrected chi connectivity index (χ4v) is 3.18. The molecule has 0 saturated carbocycles. The summed E-state index contributed by atoms with van der Waals surface area (Å²) >= 11 is 0. The average Bonchev–Trinajstić information content (AvgIpc) is 3.36. The number of carbonyl (C=O) groups is 1. The zero-order chi connectivity index (χ0) is 20.5. The molecule has 0 saturated heterocycles. The van der Waals surface area contributed by atoms with E-state index in [2.05, 4.69) is 25.3 Å². The van der Waals surface area contributed by atoms with Gasteiger partial charge in [0.25, 0.3) is 11.7 Å². The number of rotatable bonds is 5. The summed E-state index contributed by atoms with van der Waals surface area (Å²) in [4.78, 5) is 23.1. The summed E-state index contributed by atoms with van der Waals surface area (Å²) in [6.45, 7) is 4.36. The van der Waals surface area contributed by atoms with Gasteiger partial charge in [-0.05, 0) is 36.2 Å². The van der Waals surface area contributed by atoms with E-state index in [1.54, 1.807) is 40.9 Å². The highest BCUT2D eigenvalue weighted by Crippen LogP contribution is 2.23. The Balaban J connectivity index is 1.61. The van der Waals surface area contributed by atoms with E-state index in [0.29, 0.717) is 18.0 Å². The highest BCUT2D eigenvalue weighted by molar-refractivity contribution is 5.92. The molecule has 0 spiro atoms. The van der Waals surface area contributed by atoms with E-state index in [0.717, 1.165) is 22.5 Å². The molecule has 4 aromatic rings. The first-order chi connectivity index (χ1) is 13.9. The third-order valence-electron chi connectivity index (χ3n) is 4.69. The number of halogens is 1. The minimum absolute atomic E-state index is 0.151. The Kier molecular flexibility index (Phi) is 4.79. The van der Waals surface area contributed by atoms with E-state index in [-0.39, 0.29) is 17.6 Å². The Morgan fingerprint density at radius 3 is 2.76 bits per heavy atom. The second kappa shape index (κ2) is 7.42. The number of nitrogens with one attached hydrogen (secondary N) is 1. The molecule has 0 radical (unpaired) electrons. The number of benzene rings is 1. The van der Waals surface area contributed by atoms with E-state index >= 15 is 0 Å². The third kappa shape index (κ3) is 3.58. The number of hydrogen-bond donors (Lipinski definition) is 1. The van der Waals surface area contributed by atoms with Crippen molar-refractivity contribution in [2.45, 2.75) is 26.3 Å². The molecule has 0 bridgehead atoms. The maximum absolute atomic E-state index is 13.2. The molecule has 4 rings (SSSR count). The van der Waals surface area contributed by atoms with Crippen LogP contribution in [0.3, 0.4) is 0 Å². The lowest BCUT2D eigenvalue weighted by Gasteiger charge is -2.18. The van der Waals surface area contributed by atoms with Crippen LogP contribution >= 0.6 is 0 Å². The van der Waals surface area contributed by atoms with E-state index < -0.39 is 0 Å². The standard InChI is InChI=1S/C20H20FN7O/c1-12(2)17-8-16(25-20-22-11-24-28(17)20)19(29)27(3)10-14-9-23-26-18(14)13-4-6-15(21)7-5-13/h4-9,11-12H,10H2,1-3H3,(H,23,26). The lowest BCUT2D eigenvalue weighted by atomic mass is 10.1. The SMILES string of the molecule is CC(C)c1cc(C(=O)N(C)Cc2cn[nH]c2-c2ccc(F)cc2)nc2ncnn12. The highest BCUT2D eigenvalue weighted by atomic mass is 19.1. The summed E-state index contributed by atoms with van der Waals surface area (Å²) < 4.78 is 14.9. The van der Waals surface area contributed by atoms with Crippen LogP contribution in [0.1, 0.15) is 41.5 Å². The first-order valence-corrected chi connectivity index (χ1v) is 9.18. The molecule has 1 amide bonds. The quantitative estimate of drug-likeness (QED) is 0.563. The Morgan fingerprint density at radius 2 is 2.03 bits per heavy atom. The van der Waals surface area contributed by atoms with Crippen molar-refractivity contribution in [3.8, 4) is 11.3 Å². The first kappa shape index (κ1) is 18.7. The van der Waals surface area contributed by atoms with Gasteiger partial charge in [-0.25, -0.2) is 13.9 Å². The number of aromatic nitrogens is 6. The van der Waals surface area contributed by atoms with Gasteiger partial charge in [-0.15, -0.1) is 0 Å². The van der Waals surface area contributed by atoms with Crippen LogP contribution in [0.5, 0.6) is 0 Å². The maximum Gasteiger partial charge on any atom is 0.272 e. The van der Waals surface area contributed by atoms with Gasteiger partial charge in [0.15, 0.2) is 0 Å². The predicted molar refractivity (Wildman–Crippen MR) is 105 cm³/mol. The normalized spacial score (nSPS) is 11.3. The first-order valence-electron chi connectivity index (χ1n) is 9.18. The van der Waals surface area contributed by atoms with Crippen LogP contribution in [-0.2, 0) is 6.54 Å². The third-order valence-corrected chi connectivity index (χ3v) is 4.69. The van der Waals surface area contributed by atoms with E-state index in [9.17, 15) is 9.18 Å². The van der Waals surface area contributed by atoms with Crippen LogP contribution in [0, 0.1) is 5.82 Å². The van der Waals surface area contributed by atoms with Crippen molar-refractivity contribution >= 4 is 11.7 Å². The molecule has 0 unspecified atom stereocenters. The second-order valence-electron chi connectivity index (χ2n) is 7.13. The topological polar surface area (TPSA) is 92.1 Å². The Labute approximate surface area is 166 Å². The molecule has 148 valence electrons. The number of H-pyrrole nitrogens is 1. The maximum atomic E-state index is 13.2. The fourth-order valence-electron chi connectivity index (χ4n) is 3.18. The van der Waals surface area contributed by atoms with Crippen molar-refractivity contribution in [2.24, 2.45) is 0 Å². The number of hydrogen-bond acceptors (Lipinski definition) is 5. The van der Waals surface area contributed by atoms with Crippen molar-refractivity contribution in [2.75, 3.05) is 7.05 Å². The summed E-state index contributed by atoms with van der Waals surface area (Å²) in [5, 5.41) is 11.2. The Hall–Kier alpha value is -3.62. The van der Waals surface area contributed by atoms with Crippen LogP contribution in [-0.4, -0.2) is 47.6 Å². The zero-order valence-electron chi connectivity index (χ0n) is 16.3. The largest absolute Gasteiger partial charge is 0.336 e. The number of amides is 1. The van der Waals surface area contributed by atoms with Gasteiger partial charge in [-0.1, -0.05) is 13.8 Å². The number of carbonyl (C=O) groups excluding carboxylic acids is 1. The molecule has 0 aliphatic carbocycles. The lowest BCUT2D eigenvalue weighted by molar-refractivity contribution is 0.0779. The molecule has 29 heavy (non-hydrogen) atoms. The predicted octanol–water partition coefficient (Wildman–Crippen LogP) is 3.05. The summed E-state index contributed by atoms with van der Waals surface area (Å²) in [7, 11) is 1.70. The molecule has 8 nitrogen and oxygen atoms in total. The average molecular weight is 393 g/mol. The molecule has 9 heteroatoms. The Morgan fingerprint density at radius 1 is 1.28 bits per heavy atom. The van der Waals surface area contributed by atoms with Gasteiger partial charge in [-0.2, -0.15) is 15.2 Å². The molecule has 1 N–H and O–H groups in total.